The zero-order valence-electron chi connectivity index (χ0n) is 25.4. The van der Waals surface area contributed by atoms with Crippen LogP contribution in [0.25, 0.3) is 6.08 Å². The normalized spacial score (nSPS) is 16.1. The molecule has 0 amide bonds. The lowest BCUT2D eigenvalue weighted by atomic mass is 9.92. The van der Waals surface area contributed by atoms with Crippen molar-refractivity contribution in [1.29, 1.82) is 0 Å². The Balaban J connectivity index is 2.71. The molecule has 0 aliphatic heterocycles. The van der Waals surface area contributed by atoms with Crippen LogP contribution in [0.5, 0.6) is 0 Å². The number of hydrogen-bond donors (Lipinski definition) is 1. The van der Waals surface area contributed by atoms with E-state index in [0.29, 0.717) is 18.9 Å². The lowest BCUT2D eigenvalue weighted by Crippen LogP contribution is -2.33. The number of hydrogen-bond acceptors (Lipinski definition) is 7. The minimum absolute atomic E-state index is 0.0476. The Morgan fingerprint density at radius 3 is 2.44 bits per heavy atom. The van der Waals surface area contributed by atoms with Crippen LogP contribution in [0.15, 0.2) is 22.6 Å². The Morgan fingerprint density at radius 2 is 1.87 bits per heavy atom. The summed E-state index contributed by atoms with van der Waals surface area (Å²) in [4.78, 5) is 28.4. The molecule has 1 aromatic heterocycles. The van der Waals surface area contributed by atoms with Gasteiger partial charge in [0, 0.05) is 5.38 Å². The Bertz CT molecular complexity index is 966. The third kappa shape index (κ3) is 15.2. The van der Waals surface area contributed by atoms with Crippen LogP contribution < -0.4 is 0 Å². The molecule has 0 radical (unpaired) electrons. The quantitative estimate of drug-likeness (QED) is 0.131. The fraction of sp³-hybridized carbons (Fsp3) is 0.700. The molecule has 1 rings (SSSR count). The molecule has 1 heterocycles. The summed E-state index contributed by atoms with van der Waals surface area (Å²) in [6.07, 6.45) is 15.2. The second-order valence-electron chi connectivity index (χ2n) is 11.4. The van der Waals surface area contributed by atoms with Gasteiger partial charge in [0.15, 0.2) is 4.75 Å². The van der Waals surface area contributed by atoms with Gasteiger partial charge in [-0.2, -0.15) is 4.18 Å². The summed E-state index contributed by atoms with van der Waals surface area (Å²) in [5.41, 5.74) is 3.82. The van der Waals surface area contributed by atoms with E-state index in [2.05, 4.69) is 63.4 Å². The zero-order chi connectivity index (χ0) is 29.6. The van der Waals surface area contributed by atoms with Crippen molar-refractivity contribution in [3.63, 3.8) is 0 Å². The standard InChI is InChI=1S/C30H49NO4S4/c1-22(12-10-14-23(2)18-26-20-37-24(3)31-26)13-11-15-25(19-35-39(9)29(4,5)6)16-17-30(7,28(34)36-8)38-21-27(32)33/h12,18,20,25H,10-11,13-17,19,21H2,1-9H3/p+1/b22-12-,23-18+/t25-,30?,39?/m1/s1. The molecule has 39 heavy (non-hydrogen) atoms. The Morgan fingerprint density at radius 1 is 1.18 bits per heavy atom. The van der Waals surface area contributed by atoms with Crippen molar-refractivity contribution in [2.75, 3.05) is 24.9 Å². The molecule has 5 nitrogen and oxygen atoms in total. The number of aryl methyl sites for hydroxylation is 1. The molecule has 0 spiro atoms. The van der Waals surface area contributed by atoms with Crippen molar-refractivity contribution >= 4 is 63.2 Å². The predicted octanol–water partition coefficient (Wildman–Crippen LogP) is 8.59. The first-order valence-corrected chi connectivity index (χ1v) is 18.3. The molecule has 0 saturated heterocycles. The number of thiazole rings is 1. The highest BCUT2D eigenvalue weighted by Crippen LogP contribution is 2.36. The second kappa shape index (κ2) is 17.9. The van der Waals surface area contributed by atoms with Crippen molar-refractivity contribution in [1.82, 2.24) is 4.98 Å². The van der Waals surface area contributed by atoms with Crippen LogP contribution in [-0.4, -0.2) is 55.5 Å². The maximum absolute atomic E-state index is 12.7. The van der Waals surface area contributed by atoms with Crippen LogP contribution in [0.2, 0.25) is 0 Å². The average Bonchev–Trinajstić information content (AvgIpc) is 3.26. The third-order valence-electron chi connectivity index (χ3n) is 6.75. The lowest BCUT2D eigenvalue weighted by molar-refractivity contribution is -0.133. The average molecular weight is 617 g/mol. The predicted molar refractivity (Wildman–Crippen MR) is 176 cm³/mol. The van der Waals surface area contributed by atoms with E-state index in [4.69, 9.17) is 4.18 Å². The van der Waals surface area contributed by atoms with E-state index in [1.54, 1.807) is 17.6 Å². The highest BCUT2D eigenvalue weighted by atomic mass is 32.2. The number of aromatic nitrogens is 1. The van der Waals surface area contributed by atoms with Gasteiger partial charge in [-0.25, -0.2) is 4.98 Å². The molecule has 0 aromatic carbocycles. The molecule has 1 aromatic rings. The number of allylic oxidation sites excluding steroid dienone is 3. The molecule has 0 fully saturated rings. The maximum Gasteiger partial charge on any atom is 0.313 e. The minimum atomic E-state index is -0.883. The fourth-order valence-corrected chi connectivity index (χ4v) is 7.03. The summed E-state index contributed by atoms with van der Waals surface area (Å²) in [7, 11) is 0. The Kier molecular flexibility index (Phi) is 16.7. The molecule has 1 N–H and O–H groups in total. The smallest absolute Gasteiger partial charge is 0.313 e. The SMILES string of the molecule is CSC(=O)C(C)(CC[C@@H](CCC/C(C)=C\CC/C(C)=C/c1csc(C)n1)CO[S+](C)C(C)(C)C)SCC(=O)O. The highest BCUT2D eigenvalue weighted by Gasteiger charge is 2.36. The van der Waals surface area contributed by atoms with E-state index in [1.807, 2.05) is 13.8 Å². The van der Waals surface area contributed by atoms with Crippen molar-refractivity contribution in [2.45, 2.75) is 103 Å². The van der Waals surface area contributed by atoms with Gasteiger partial charge in [0.1, 0.15) is 24.0 Å². The Hall–Kier alpha value is -0.740. The number of carboxylic acids is 1. The number of thioether (sulfide) groups is 2. The van der Waals surface area contributed by atoms with E-state index in [1.165, 1.54) is 34.7 Å². The number of carbonyl (C=O) groups is 2. The monoisotopic (exact) mass is 616 g/mol. The molecule has 2 unspecified atom stereocenters. The summed E-state index contributed by atoms with van der Waals surface area (Å²) in [6.45, 7) is 15.6. The van der Waals surface area contributed by atoms with E-state index in [-0.39, 0.29) is 26.8 Å². The summed E-state index contributed by atoms with van der Waals surface area (Å²) in [6, 6.07) is 0. The number of carbonyl (C=O) groups excluding carboxylic acids is 1. The van der Waals surface area contributed by atoms with Crippen molar-refractivity contribution in [2.24, 2.45) is 5.92 Å². The van der Waals surface area contributed by atoms with E-state index in [0.717, 1.165) is 49.2 Å². The van der Waals surface area contributed by atoms with Crippen LogP contribution in [0.4, 0.5) is 0 Å². The largest absolute Gasteiger partial charge is 0.481 e. The molecule has 0 saturated carbocycles. The van der Waals surface area contributed by atoms with Crippen LogP contribution in [-0.2, 0) is 24.9 Å². The molecule has 9 heteroatoms. The molecule has 3 atom stereocenters. The van der Waals surface area contributed by atoms with Gasteiger partial charge in [-0.15, -0.1) is 23.1 Å². The van der Waals surface area contributed by atoms with Crippen molar-refractivity contribution in [3.05, 3.63) is 33.3 Å². The maximum atomic E-state index is 12.7. The zero-order valence-corrected chi connectivity index (χ0v) is 28.7. The first-order chi connectivity index (χ1) is 18.2. The highest BCUT2D eigenvalue weighted by molar-refractivity contribution is 8.16. The van der Waals surface area contributed by atoms with Gasteiger partial charge in [-0.3, -0.25) is 9.59 Å². The number of nitrogens with zero attached hydrogens (tertiary/aromatic N) is 1. The third-order valence-corrected chi connectivity index (χ3v) is 12.1. The summed E-state index contributed by atoms with van der Waals surface area (Å²) in [5, 5.41) is 12.4. The summed E-state index contributed by atoms with van der Waals surface area (Å²) >= 11 is 3.96. The molecule has 0 aliphatic carbocycles. The molecule has 0 aliphatic rings. The first-order valence-electron chi connectivity index (χ1n) is 13.6. The van der Waals surface area contributed by atoms with Gasteiger partial charge >= 0.3 is 5.97 Å². The van der Waals surface area contributed by atoms with Gasteiger partial charge in [-0.05, 0) is 112 Å². The van der Waals surface area contributed by atoms with Crippen molar-refractivity contribution < 1.29 is 18.9 Å². The van der Waals surface area contributed by atoms with Crippen LogP contribution >= 0.6 is 34.9 Å². The van der Waals surface area contributed by atoms with Gasteiger partial charge < -0.3 is 5.11 Å². The van der Waals surface area contributed by atoms with Crippen LogP contribution in [0.3, 0.4) is 0 Å². The Labute approximate surface area is 253 Å². The molecule has 222 valence electrons. The van der Waals surface area contributed by atoms with Gasteiger partial charge in [-0.1, -0.05) is 29.0 Å². The van der Waals surface area contributed by atoms with E-state index in [9.17, 15) is 14.7 Å². The van der Waals surface area contributed by atoms with Gasteiger partial charge in [0.25, 0.3) is 0 Å². The lowest BCUT2D eigenvalue weighted by Gasteiger charge is -2.28. The van der Waals surface area contributed by atoms with Gasteiger partial charge in [0.2, 0.25) is 5.12 Å². The molecular formula is C30H50NO4S4+. The summed E-state index contributed by atoms with van der Waals surface area (Å²) < 4.78 is 5.72. The number of aliphatic carboxylic acids is 1. The molecule has 0 bridgehead atoms. The summed E-state index contributed by atoms with van der Waals surface area (Å²) in [5.74, 6) is -0.610. The first kappa shape index (κ1) is 36.3. The fourth-order valence-electron chi connectivity index (χ4n) is 3.92. The van der Waals surface area contributed by atoms with E-state index < -0.39 is 10.7 Å². The van der Waals surface area contributed by atoms with E-state index >= 15 is 0 Å². The molecular weight excluding hydrogens is 567 g/mol. The van der Waals surface area contributed by atoms with Crippen LogP contribution in [0, 0.1) is 12.8 Å². The van der Waals surface area contributed by atoms with Gasteiger partial charge in [0.05, 0.1) is 21.2 Å². The number of rotatable bonds is 18. The second-order valence-corrected chi connectivity index (χ2v) is 17.1. The minimum Gasteiger partial charge on any atom is -0.481 e. The topological polar surface area (TPSA) is 76.5 Å². The van der Waals surface area contributed by atoms with Crippen molar-refractivity contribution in [3.8, 4) is 0 Å². The number of carboxylic acid groups (broad SMARTS) is 1. The van der Waals surface area contributed by atoms with Crippen LogP contribution in [0.1, 0.15) is 97.2 Å².